The van der Waals surface area contributed by atoms with Gasteiger partial charge in [-0.1, -0.05) is 30.9 Å². The van der Waals surface area contributed by atoms with Gasteiger partial charge in [0.25, 0.3) is 5.91 Å². The molecule has 1 fully saturated rings. The molecule has 1 aliphatic rings. The number of amides is 1. The summed E-state index contributed by atoms with van der Waals surface area (Å²) < 4.78 is 23.4. The van der Waals surface area contributed by atoms with Gasteiger partial charge in [-0.15, -0.1) is 0 Å². The molecular weight excluding hydrogens is 310 g/mol. The number of hydrogen-bond acceptors (Lipinski definition) is 3. The molecule has 0 radical (unpaired) electrons. The van der Waals surface area contributed by atoms with Crippen molar-refractivity contribution in [2.24, 2.45) is 0 Å². The third-order valence-electron chi connectivity index (χ3n) is 4.02. The summed E-state index contributed by atoms with van der Waals surface area (Å²) in [5.41, 5.74) is 0.368. The minimum Gasteiger partial charge on any atom is -0.339 e. The molecule has 0 aliphatic heterocycles. The lowest BCUT2D eigenvalue weighted by atomic mass is 9.94. The Labute approximate surface area is 131 Å². The third-order valence-corrected chi connectivity index (χ3v) is 5.60. The first-order valence-corrected chi connectivity index (χ1v) is 9.34. The number of nitrogens with zero attached hydrogens (tertiary/aromatic N) is 1. The number of hydrogen-bond donors (Lipinski definition) is 0. The van der Waals surface area contributed by atoms with E-state index in [2.05, 4.69) is 0 Å². The van der Waals surface area contributed by atoms with E-state index in [0.717, 1.165) is 31.9 Å². The fourth-order valence-corrected chi connectivity index (χ4v) is 4.06. The molecule has 21 heavy (non-hydrogen) atoms. The number of carbonyl (C=O) groups excluding carboxylic acids is 1. The topological polar surface area (TPSA) is 54.5 Å². The summed E-state index contributed by atoms with van der Waals surface area (Å²) in [6.07, 6.45) is 6.60. The Morgan fingerprint density at radius 1 is 1.24 bits per heavy atom. The first kappa shape index (κ1) is 16.3. The quantitative estimate of drug-likeness (QED) is 0.856. The van der Waals surface area contributed by atoms with Crippen molar-refractivity contribution in [3.8, 4) is 0 Å². The van der Waals surface area contributed by atoms with Gasteiger partial charge in [0.1, 0.15) is 0 Å². The fraction of sp³-hybridized carbons (Fsp3) is 0.533. The van der Waals surface area contributed by atoms with Crippen LogP contribution in [0.4, 0.5) is 0 Å². The summed E-state index contributed by atoms with van der Waals surface area (Å²) in [5, 5.41) is 0.148. The van der Waals surface area contributed by atoms with E-state index in [1.54, 1.807) is 18.0 Å². The van der Waals surface area contributed by atoms with Crippen molar-refractivity contribution in [2.45, 2.75) is 43.0 Å². The molecule has 1 aromatic rings. The largest absolute Gasteiger partial charge is 0.339 e. The van der Waals surface area contributed by atoms with Crippen LogP contribution in [0.3, 0.4) is 0 Å². The summed E-state index contributed by atoms with van der Waals surface area (Å²) in [6.45, 7) is 0. The smallest absolute Gasteiger partial charge is 0.253 e. The van der Waals surface area contributed by atoms with Crippen molar-refractivity contribution >= 4 is 27.3 Å². The standard InChI is InChI=1S/C15H20ClNO3S/c1-17(12-6-4-3-5-7-12)15(18)11-8-9-13(16)14(10-11)21(2,19)20/h8-10,12H,3-7H2,1-2H3. The van der Waals surface area contributed by atoms with Gasteiger partial charge in [-0.25, -0.2) is 8.42 Å². The van der Waals surface area contributed by atoms with Crippen LogP contribution in [-0.2, 0) is 9.84 Å². The van der Waals surface area contributed by atoms with Gasteiger partial charge < -0.3 is 4.90 Å². The highest BCUT2D eigenvalue weighted by atomic mass is 35.5. The van der Waals surface area contributed by atoms with Crippen LogP contribution in [0.5, 0.6) is 0 Å². The Morgan fingerprint density at radius 3 is 2.43 bits per heavy atom. The van der Waals surface area contributed by atoms with Crippen molar-refractivity contribution < 1.29 is 13.2 Å². The monoisotopic (exact) mass is 329 g/mol. The van der Waals surface area contributed by atoms with Gasteiger partial charge in [0.2, 0.25) is 0 Å². The SMILES string of the molecule is CN(C(=O)c1ccc(Cl)c(S(C)(=O)=O)c1)C1CCCCC1. The van der Waals surface area contributed by atoms with E-state index in [4.69, 9.17) is 11.6 Å². The Kier molecular flexibility index (Phi) is 4.94. The number of sulfone groups is 1. The molecule has 4 nitrogen and oxygen atoms in total. The third kappa shape index (κ3) is 3.77. The molecule has 1 aromatic carbocycles. The molecule has 6 heteroatoms. The molecule has 0 bridgehead atoms. The van der Waals surface area contributed by atoms with Gasteiger partial charge in [0.05, 0.1) is 9.92 Å². The first-order valence-electron chi connectivity index (χ1n) is 7.07. The minimum atomic E-state index is -3.44. The second-order valence-electron chi connectivity index (χ2n) is 5.63. The lowest BCUT2D eigenvalue weighted by Gasteiger charge is -2.31. The van der Waals surface area contributed by atoms with Crippen molar-refractivity contribution in [3.05, 3.63) is 28.8 Å². The molecule has 1 saturated carbocycles. The van der Waals surface area contributed by atoms with Gasteiger partial charge >= 0.3 is 0 Å². The molecule has 1 aliphatic carbocycles. The normalized spacial score (nSPS) is 16.7. The summed E-state index contributed by atoms with van der Waals surface area (Å²) in [5.74, 6) is -0.150. The van der Waals surface area contributed by atoms with Crippen LogP contribution in [0, 0.1) is 0 Å². The van der Waals surface area contributed by atoms with Crippen LogP contribution in [0.2, 0.25) is 5.02 Å². The maximum Gasteiger partial charge on any atom is 0.253 e. The second-order valence-corrected chi connectivity index (χ2v) is 8.02. The molecular formula is C15H20ClNO3S. The zero-order valence-corrected chi connectivity index (χ0v) is 13.9. The molecule has 1 amide bonds. The average Bonchev–Trinajstić information content (AvgIpc) is 2.46. The van der Waals surface area contributed by atoms with Crippen LogP contribution >= 0.6 is 11.6 Å². The van der Waals surface area contributed by atoms with E-state index >= 15 is 0 Å². The highest BCUT2D eigenvalue weighted by molar-refractivity contribution is 7.90. The van der Waals surface area contributed by atoms with E-state index in [0.29, 0.717) is 5.56 Å². The minimum absolute atomic E-state index is 0.00654. The Bertz CT molecular complexity index is 636. The highest BCUT2D eigenvalue weighted by Crippen LogP contribution is 2.26. The lowest BCUT2D eigenvalue weighted by molar-refractivity contribution is 0.0696. The highest BCUT2D eigenvalue weighted by Gasteiger charge is 2.24. The van der Waals surface area contributed by atoms with Crippen molar-refractivity contribution in [1.29, 1.82) is 0 Å². The van der Waals surface area contributed by atoms with E-state index in [-0.39, 0.29) is 21.9 Å². The molecule has 0 unspecified atom stereocenters. The van der Waals surface area contributed by atoms with E-state index in [9.17, 15) is 13.2 Å². The Balaban J connectivity index is 2.27. The number of halogens is 1. The van der Waals surface area contributed by atoms with E-state index < -0.39 is 9.84 Å². The summed E-state index contributed by atoms with van der Waals surface area (Å²) >= 11 is 5.91. The molecule has 116 valence electrons. The number of carbonyl (C=O) groups is 1. The van der Waals surface area contributed by atoms with Crippen LogP contribution in [0.15, 0.2) is 23.1 Å². The summed E-state index contributed by atoms with van der Waals surface area (Å²) in [4.78, 5) is 14.3. The zero-order chi connectivity index (χ0) is 15.6. The van der Waals surface area contributed by atoms with Gasteiger partial charge in [-0.3, -0.25) is 4.79 Å². The van der Waals surface area contributed by atoms with Crippen LogP contribution in [0.1, 0.15) is 42.5 Å². The predicted octanol–water partition coefficient (Wildman–Crippen LogP) is 3.15. The van der Waals surface area contributed by atoms with Crippen LogP contribution in [0.25, 0.3) is 0 Å². The van der Waals surface area contributed by atoms with Crippen molar-refractivity contribution in [3.63, 3.8) is 0 Å². The van der Waals surface area contributed by atoms with Gasteiger partial charge in [-0.05, 0) is 31.0 Å². The van der Waals surface area contributed by atoms with Crippen LogP contribution < -0.4 is 0 Å². The van der Waals surface area contributed by atoms with Gasteiger partial charge in [0, 0.05) is 24.9 Å². The maximum atomic E-state index is 12.5. The molecule has 0 aromatic heterocycles. The fourth-order valence-electron chi connectivity index (χ4n) is 2.76. The summed E-state index contributed by atoms with van der Waals surface area (Å²) in [6, 6.07) is 4.67. The molecule has 0 spiro atoms. The first-order chi connectivity index (χ1) is 9.80. The second kappa shape index (κ2) is 6.36. The predicted molar refractivity (Wildman–Crippen MR) is 83.5 cm³/mol. The molecule has 0 saturated heterocycles. The van der Waals surface area contributed by atoms with Crippen molar-refractivity contribution in [2.75, 3.05) is 13.3 Å². The molecule has 0 atom stereocenters. The zero-order valence-electron chi connectivity index (χ0n) is 12.3. The van der Waals surface area contributed by atoms with Gasteiger partial charge in [-0.2, -0.15) is 0 Å². The average molecular weight is 330 g/mol. The Morgan fingerprint density at radius 2 is 1.86 bits per heavy atom. The number of benzene rings is 1. The van der Waals surface area contributed by atoms with E-state index in [1.807, 2.05) is 0 Å². The summed E-state index contributed by atoms with van der Waals surface area (Å²) in [7, 11) is -1.66. The molecule has 0 N–H and O–H groups in total. The lowest BCUT2D eigenvalue weighted by Crippen LogP contribution is -2.38. The van der Waals surface area contributed by atoms with Gasteiger partial charge in [0.15, 0.2) is 9.84 Å². The Hall–Kier alpha value is -1.07. The van der Waals surface area contributed by atoms with Crippen LogP contribution in [-0.4, -0.2) is 38.6 Å². The maximum absolute atomic E-state index is 12.5. The molecule has 2 rings (SSSR count). The molecule has 0 heterocycles. The number of rotatable bonds is 3. The van der Waals surface area contributed by atoms with Crippen molar-refractivity contribution in [1.82, 2.24) is 4.90 Å². The van der Waals surface area contributed by atoms with E-state index in [1.165, 1.54) is 18.6 Å².